The highest BCUT2D eigenvalue weighted by Gasteiger charge is 2.25. The first-order valence-corrected chi connectivity index (χ1v) is 53.4. The van der Waals surface area contributed by atoms with Crippen molar-refractivity contribution in [2.75, 3.05) is 59.1 Å². The number of likely N-dealkylation sites (N-methyl/N-ethyl adjacent to an activating group) is 1. The van der Waals surface area contributed by atoms with Crippen LogP contribution >= 0.6 is 0 Å². The van der Waals surface area contributed by atoms with Gasteiger partial charge in [-0.25, -0.2) is 0 Å². The van der Waals surface area contributed by atoms with E-state index < -0.39 is 0 Å². The number of carbonyl (C=O) groups excluding carboxylic acids is 10. The number of ether oxygens (including phenoxy) is 2. The molecule has 2 aliphatic heterocycles. The van der Waals surface area contributed by atoms with Crippen molar-refractivity contribution in [1.82, 2.24) is 47.9 Å². The van der Waals surface area contributed by atoms with E-state index in [4.69, 9.17) is 9.47 Å². The van der Waals surface area contributed by atoms with Crippen molar-refractivity contribution in [3.8, 4) is 0 Å². The summed E-state index contributed by atoms with van der Waals surface area (Å²) >= 11 is 0. The third-order valence-corrected chi connectivity index (χ3v) is 17.2. The standard InChI is InChI=1S/C11H19NO2.C11H17NO2.C11H19NO.C10H17NO2.2C10H17NO.2C9H15NO.C7H13NO.9C3H8/c1-9(2)7-11(13)12-8-10-3-5-14-6-4-10;1-8(2)5-11(14)12-7-10(13)6-9-3-4-9;1-9(2)8-11(13)12-10-6-4-3-5-7-10;1-8(2)6-10(12)11-7-9-4-3-5-13-9;1-8(2)7-10(12)11-6-5-9-3-4-9;1-8(2)7-10(12)11-9-5-3-4-6-9;1-7(2)5-9(11)10-6-8-3-4-8;1-7(2)6-9(11)10-8-4-3-5-8;1-4-8-7(9)5-6(2)3;9*1-3-2/h7,10H,3-6,8H2,1-2H3,(H,12,13);5,9H,3-4,6-7H2,1-2H3,(H,12,14);8,10H,3-7H2,1-2H3,(H,12,13);6,9H,3-5,7H2,1-2H3,(H,11,12);2*7,9H,3-6H2,1-2H3,(H,11,12);5,8H,3-4,6H2,1-2H3,(H,10,11);6,8H,3-5H2,1-2H3,(H,10,11);5H,4H2,1-3H3,(H,8,9);9*3H2,1-2H3. The molecular weight excluding hydrogens is 1700 g/mol. The molecule has 798 valence electrons. The molecule has 9 amide bonds. The second-order valence-corrected chi connectivity index (χ2v) is 38.5. The summed E-state index contributed by atoms with van der Waals surface area (Å²) in [5.41, 5.74) is 9.32. The molecule has 2 heterocycles. The maximum atomic E-state index is 11.3. The first kappa shape index (κ1) is 149. The third kappa shape index (κ3) is 142. The molecule has 0 radical (unpaired) electrons. The summed E-state index contributed by atoms with van der Waals surface area (Å²) in [6.45, 7) is 81.2. The third-order valence-electron chi connectivity index (χ3n) is 17.2. The van der Waals surface area contributed by atoms with Crippen molar-refractivity contribution in [3.63, 3.8) is 0 Å². The molecule has 8 aliphatic rings. The topological polar surface area (TPSA) is 297 Å². The Hall–Kier alpha value is -7.52. The summed E-state index contributed by atoms with van der Waals surface area (Å²) in [5.74, 6) is 3.15. The van der Waals surface area contributed by atoms with Crippen molar-refractivity contribution in [3.05, 3.63) is 105 Å². The lowest BCUT2D eigenvalue weighted by molar-refractivity contribution is -0.122. The fourth-order valence-electron chi connectivity index (χ4n) is 10.9. The largest absolute Gasteiger partial charge is 0.381 e. The van der Waals surface area contributed by atoms with Crippen molar-refractivity contribution in [2.24, 2.45) is 23.7 Å². The molecule has 6 saturated carbocycles. The Morgan fingerprint density at radius 1 is 0.243 bits per heavy atom. The second kappa shape index (κ2) is 111. The molecule has 2 saturated heterocycles. The summed E-state index contributed by atoms with van der Waals surface area (Å²) in [6, 6.07) is 1.32. The van der Waals surface area contributed by atoms with Gasteiger partial charge in [0.15, 0.2) is 5.78 Å². The zero-order chi connectivity index (χ0) is 106. The van der Waals surface area contributed by atoms with Crippen molar-refractivity contribution < 1.29 is 57.4 Å². The van der Waals surface area contributed by atoms with Gasteiger partial charge < -0.3 is 57.3 Å². The van der Waals surface area contributed by atoms with E-state index in [0.29, 0.717) is 49.5 Å². The van der Waals surface area contributed by atoms with E-state index in [-0.39, 0.29) is 71.6 Å². The van der Waals surface area contributed by atoms with Gasteiger partial charge in [0.05, 0.1) is 12.6 Å². The lowest BCUT2D eigenvalue weighted by Gasteiger charge is -2.25. The molecule has 21 heteroatoms. The molecule has 1 unspecified atom stereocenters. The second-order valence-electron chi connectivity index (χ2n) is 38.5. The zero-order valence-corrected chi connectivity index (χ0v) is 95.4. The Morgan fingerprint density at radius 3 is 0.750 bits per heavy atom. The quantitative estimate of drug-likeness (QED) is 0.0365. The van der Waals surface area contributed by atoms with E-state index >= 15 is 0 Å². The minimum Gasteiger partial charge on any atom is -0.381 e. The molecule has 0 aromatic carbocycles. The molecule has 0 aromatic rings. The fraction of sp³-hybridized carbons (Fsp3) is 0.757. The first-order valence-electron chi connectivity index (χ1n) is 53.4. The Bertz CT molecular complexity index is 3130. The Balaban J connectivity index is -0.000000159. The smallest absolute Gasteiger partial charge is 0.244 e. The van der Waals surface area contributed by atoms with E-state index in [1.165, 1.54) is 141 Å². The number of ketones is 1. The number of allylic oxidation sites excluding steroid dienone is 9. The Kier molecular flexibility index (Phi) is 122. The van der Waals surface area contributed by atoms with Crippen LogP contribution in [0.1, 0.15) is 468 Å². The number of amides is 9. The van der Waals surface area contributed by atoms with Gasteiger partial charge in [0, 0.05) is 132 Å². The van der Waals surface area contributed by atoms with Gasteiger partial charge in [-0.3, -0.25) is 47.9 Å². The van der Waals surface area contributed by atoms with Crippen LogP contribution in [0.3, 0.4) is 0 Å². The maximum Gasteiger partial charge on any atom is 0.244 e. The summed E-state index contributed by atoms with van der Waals surface area (Å²) in [5, 5.41) is 25.7. The lowest BCUT2D eigenvalue weighted by Crippen LogP contribution is -2.38. The van der Waals surface area contributed by atoms with Gasteiger partial charge in [-0.15, -0.1) is 0 Å². The van der Waals surface area contributed by atoms with Gasteiger partial charge in [-0.2, -0.15) is 0 Å². The molecular formula is C115H221N9O12. The van der Waals surface area contributed by atoms with E-state index in [0.717, 1.165) is 172 Å². The van der Waals surface area contributed by atoms with Gasteiger partial charge >= 0.3 is 0 Å². The molecule has 8 fully saturated rings. The van der Waals surface area contributed by atoms with E-state index in [2.05, 4.69) is 172 Å². The van der Waals surface area contributed by atoms with Crippen LogP contribution in [0.4, 0.5) is 0 Å². The van der Waals surface area contributed by atoms with E-state index in [1.54, 1.807) is 48.6 Å². The molecule has 1 atom stereocenters. The van der Waals surface area contributed by atoms with Crippen molar-refractivity contribution in [2.45, 2.75) is 492 Å². The SMILES string of the molecule is CC(C)=CC(=O)NC1CCC1.CC(C)=CC(=O)NC1CCCC1.CC(C)=CC(=O)NC1CCCCC1.CC(C)=CC(=O)NCC(=O)CC1CC1.CC(C)=CC(=O)NCC1CC1.CC(C)=CC(=O)NCC1CCCO1.CC(C)=CC(=O)NCC1CCOCC1.CC(C)=CC(=O)NCCC1CC1.CCC.CCC.CCC.CCC.CCC.CCC.CCC.CCC.CCC.CCNC(=O)C=C(C)C. The highest BCUT2D eigenvalue weighted by atomic mass is 16.5. The van der Waals surface area contributed by atoms with Crippen LogP contribution in [0.2, 0.25) is 0 Å². The van der Waals surface area contributed by atoms with Gasteiger partial charge in [0.1, 0.15) is 0 Å². The summed E-state index contributed by atoms with van der Waals surface area (Å²) < 4.78 is 10.6. The predicted octanol–water partition coefficient (Wildman–Crippen LogP) is 27.4. The summed E-state index contributed by atoms with van der Waals surface area (Å²) in [6.07, 6.45) is 54.4. The minimum absolute atomic E-state index is 0.00231. The van der Waals surface area contributed by atoms with Crippen molar-refractivity contribution in [1.29, 1.82) is 0 Å². The lowest BCUT2D eigenvalue weighted by atomic mass is 9.93. The maximum absolute atomic E-state index is 11.3. The number of nitrogens with one attached hydrogen (secondary N) is 9. The van der Waals surface area contributed by atoms with Crippen LogP contribution in [0.25, 0.3) is 0 Å². The molecule has 8 rings (SSSR count). The van der Waals surface area contributed by atoms with Crippen LogP contribution in [-0.4, -0.2) is 142 Å². The summed E-state index contributed by atoms with van der Waals surface area (Å²) in [7, 11) is 0. The van der Waals surface area contributed by atoms with Gasteiger partial charge in [0.2, 0.25) is 53.2 Å². The average molecular weight is 1920 g/mol. The van der Waals surface area contributed by atoms with Crippen LogP contribution in [0.5, 0.6) is 0 Å². The Morgan fingerprint density at radius 2 is 0.493 bits per heavy atom. The summed E-state index contributed by atoms with van der Waals surface area (Å²) in [4.78, 5) is 111. The van der Waals surface area contributed by atoms with Gasteiger partial charge in [0.25, 0.3) is 0 Å². The molecule has 6 aliphatic carbocycles. The van der Waals surface area contributed by atoms with Crippen LogP contribution in [0, 0.1) is 23.7 Å². The first-order chi connectivity index (χ1) is 64.2. The molecule has 0 spiro atoms. The normalized spacial score (nSPS) is 14.4. The number of Topliss-reactive ketones (excluding diaryl/α,β-unsaturated/α-hetero) is 1. The monoisotopic (exact) mass is 1920 g/mol. The number of carbonyl (C=O) groups is 10. The molecule has 136 heavy (non-hydrogen) atoms. The number of hydrogen-bond acceptors (Lipinski definition) is 12. The number of hydrogen-bond donors (Lipinski definition) is 9. The van der Waals surface area contributed by atoms with Gasteiger partial charge in [-0.1, -0.05) is 278 Å². The van der Waals surface area contributed by atoms with Gasteiger partial charge in [-0.05, 0) is 258 Å². The van der Waals surface area contributed by atoms with Crippen LogP contribution < -0.4 is 47.9 Å². The highest BCUT2D eigenvalue weighted by molar-refractivity contribution is 5.93. The van der Waals surface area contributed by atoms with E-state index in [1.807, 2.05) is 132 Å². The highest BCUT2D eigenvalue weighted by Crippen LogP contribution is 2.33. The molecule has 21 nitrogen and oxygen atoms in total. The average Bonchev–Trinajstić information content (AvgIpc) is 1.76. The predicted molar refractivity (Wildman–Crippen MR) is 588 cm³/mol. The van der Waals surface area contributed by atoms with Crippen LogP contribution in [-0.2, 0) is 57.4 Å². The van der Waals surface area contributed by atoms with Crippen molar-refractivity contribution >= 4 is 58.9 Å². The Labute approximate surface area is 839 Å². The molecule has 0 bridgehead atoms. The molecule has 9 N–H and O–H groups in total. The zero-order valence-electron chi connectivity index (χ0n) is 95.4. The fourth-order valence-corrected chi connectivity index (χ4v) is 10.9. The van der Waals surface area contributed by atoms with E-state index in [9.17, 15) is 47.9 Å². The van der Waals surface area contributed by atoms with Crippen LogP contribution in [0.15, 0.2) is 105 Å². The number of rotatable bonds is 26. The minimum atomic E-state index is -0.172. The molecule has 0 aromatic heterocycles.